The standard InChI is InChI=1S/C19H25N5O/c1-3-15-16(12-7-8-12)24-19(17(23-15)18(21)25)22-14-6-4-5-13(9-14)11(2)10-20/h4-6,9,11-12H,3,7-8,10,20H2,1-2H3,(H2,21,25)(H,22,24)/t11-/m0/s1. The fourth-order valence-corrected chi connectivity index (χ4v) is 2.88. The molecular formula is C19H25N5O. The average molecular weight is 339 g/mol. The second-order valence-electron chi connectivity index (χ2n) is 6.63. The zero-order chi connectivity index (χ0) is 18.0. The molecule has 1 aromatic heterocycles. The Bertz CT molecular complexity index is 785. The van der Waals surface area contributed by atoms with Crippen LogP contribution in [0.5, 0.6) is 0 Å². The first-order chi connectivity index (χ1) is 12.0. The summed E-state index contributed by atoms with van der Waals surface area (Å²) in [6, 6.07) is 7.96. The van der Waals surface area contributed by atoms with Crippen LogP contribution in [0.15, 0.2) is 24.3 Å². The number of hydrogen-bond acceptors (Lipinski definition) is 5. The molecule has 1 aliphatic rings. The van der Waals surface area contributed by atoms with Crippen LogP contribution < -0.4 is 16.8 Å². The zero-order valence-electron chi connectivity index (χ0n) is 14.7. The molecular weight excluding hydrogens is 314 g/mol. The van der Waals surface area contributed by atoms with E-state index >= 15 is 0 Å². The summed E-state index contributed by atoms with van der Waals surface area (Å²) in [4.78, 5) is 21.1. The van der Waals surface area contributed by atoms with Crippen LogP contribution in [0.25, 0.3) is 0 Å². The monoisotopic (exact) mass is 339 g/mol. The van der Waals surface area contributed by atoms with Crippen LogP contribution in [0.4, 0.5) is 11.5 Å². The van der Waals surface area contributed by atoms with Gasteiger partial charge in [0.05, 0.1) is 11.4 Å². The van der Waals surface area contributed by atoms with Gasteiger partial charge >= 0.3 is 0 Å². The molecule has 1 heterocycles. The average Bonchev–Trinajstić information content (AvgIpc) is 3.45. The molecule has 0 radical (unpaired) electrons. The maximum absolute atomic E-state index is 11.9. The summed E-state index contributed by atoms with van der Waals surface area (Å²) in [6.45, 7) is 4.67. The summed E-state index contributed by atoms with van der Waals surface area (Å²) in [5, 5.41) is 3.23. The molecule has 2 aromatic rings. The fourth-order valence-electron chi connectivity index (χ4n) is 2.88. The maximum atomic E-state index is 11.9. The van der Waals surface area contributed by atoms with Crippen molar-refractivity contribution in [3.8, 4) is 0 Å². The summed E-state index contributed by atoms with van der Waals surface area (Å²) in [5.74, 6) is 0.573. The van der Waals surface area contributed by atoms with Gasteiger partial charge in [0.2, 0.25) is 0 Å². The first kappa shape index (κ1) is 17.4. The molecule has 0 aliphatic heterocycles. The minimum Gasteiger partial charge on any atom is -0.364 e. The van der Waals surface area contributed by atoms with Crippen LogP contribution >= 0.6 is 0 Å². The number of nitrogens with zero attached hydrogens (tertiary/aromatic N) is 2. The van der Waals surface area contributed by atoms with Crippen LogP contribution in [0.1, 0.15) is 66.0 Å². The number of amides is 1. The molecule has 1 atom stereocenters. The van der Waals surface area contributed by atoms with E-state index in [1.165, 1.54) is 0 Å². The van der Waals surface area contributed by atoms with Gasteiger partial charge in [0.25, 0.3) is 5.91 Å². The number of benzene rings is 1. The Hall–Kier alpha value is -2.47. The van der Waals surface area contributed by atoms with E-state index in [0.717, 1.165) is 41.9 Å². The predicted octanol–water partition coefficient (Wildman–Crippen LogP) is 2.82. The van der Waals surface area contributed by atoms with Crippen molar-refractivity contribution in [2.45, 2.75) is 44.9 Å². The maximum Gasteiger partial charge on any atom is 0.271 e. The molecule has 0 saturated heterocycles. The lowest BCUT2D eigenvalue weighted by Crippen LogP contribution is -2.19. The van der Waals surface area contributed by atoms with E-state index in [0.29, 0.717) is 18.3 Å². The fraction of sp³-hybridized carbons (Fsp3) is 0.421. The predicted molar refractivity (Wildman–Crippen MR) is 99.1 cm³/mol. The van der Waals surface area contributed by atoms with Gasteiger partial charge in [-0.15, -0.1) is 0 Å². The first-order valence-electron chi connectivity index (χ1n) is 8.81. The van der Waals surface area contributed by atoms with Crippen molar-refractivity contribution in [3.63, 3.8) is 0 Å². The van der Waals surface area contributed by atoms with E-state index in [2.05, 4.69) is 17.2 Å². The number of nitrogens with two attached hydrogens (primary N) is 2. The van der Waals surface area contributed by atoms with Gasteiger partial charge in [-0.05, 0) is 49.4 Å². The number of carbonyl (C=O) groups excluding carboxylic acids is 1. The van der Waals surface area contributed by atoms with Gasteiger partial charge in [-0.25, -0.2) is 9.97 Å². The molecule has 1 fully saturated rings. The number of carbonyl (C=O) groups is 1. The molecule has 6 heteroatoms. The van der Waals surface area contributed by atoms with Gasteiger partial charge in [-0.2, -0.15) is 0 Å². The lowest BCUT2D eigenvalue weighted by Gasteiger charge is -2.15. The minimum absolute atomic E-state index is 0.193. The number of primary amides is 1. The van der Waals surface area contributed by atoms with Crippen molar-refractivity contribution in [1.29, 1.82) is 0 Å². The summed E-state index contributed by atoms with van der Waals surface area (Å²) in [5.41, 5.74) is 15.3. The number of rotatable bonds is 7. The summed E-state index contributed by atoms with van der Waals surface area (Å²) < 4.78 is 0. The van der Waals surface area contributed by atoms with Crippen LogP contribution in [0.3, 0.4) is 0 Å². The Morgan fingerprint density at radius 2 is 2.12 bits per heavy atom. The molecule has 1 aliphatic carbocycles. The third kappa shape index (κ3) is 3.79. The Labute approximate surface area is 148 Å². The second-order valence-corrected chi connectivity index (χ2v) is 6.63. The van der Waals surface area contributed by atoms with E-state index in [-0.39, 0.29) is 11.6 Å². The van der Waals surface area contributed by atoms with E-state index < -0.39 is 5.91 Å². The van der Waals surface area contributed by atoms with Crippen LogP contribution in [-0.4, -0.2) is 22.4 Å². The minimum atomic E-state index is -0.571. The van der Waals surface area contributed by atoms with Gasteiger partial charge in [-0.1, -0.05) is 26.0 Å². The van der Waals surface area contributed by atoms with Crippen molar-refractivity contribution in [2.75, 3.05) is 11.9 Å². The van der Waals surface area contributed by atoms with Gasteiger partial charge in [-0.3, -0.25) is 4.79 Å². The zero-order valence-corrected chi connectivity index (χ0v) is 14.7. The summed E-state index contributed by atoms with van der Waals surface area (Å²) in [7, 11) is 0. The van der Waals surface area contributed by atoms with Crippen molar-refractivity contribution >= 4 is 17.4 Å². The third-order valence-electron chi connectivity index (χ3n) is 4.60. The smallest absolute Gasteiger partial charge is 0.271 e. The molecule has 132 valence electrons. The highest BCUT2D eigenvalue weighted by molar-refractivity contribution is 5.96. The number of hydrogen-bond donors (Lipinski definition) is 3. The van der Waals surface area contributed by atoms with Gasteiger partial charge in [0.15, 0.2) is 11.5 Å². The molecule has 5 N–H and O–H groups in total. The van der Waals surface area contributed by atoms with Crippen molar-refractivity contribution in [2.24, 2.45) is 11.5 Å². The molecule has 0 bridgehead atoms. The van der Waals surface area contributed by atoms with Gasteiger partial charge in [0, 0.05) is 11.6 Å². The van der Waals surface area contributed by atoms with E-state index in [1.54, 1.807) is 0 Å². The SMILES string of the molecule is CCc1nc(C(N)=O)c(Nc2cccc([C@@H](C)CN)c2)nc1C1CC1. The lowest BCUT2D eigenvalue weighted by molar-refractivity contribution is 0.0996. The van der Waals surface area contributed by atoms with Gasteiger partial charge in [0.1, 0.15) is 0 Å². The summed E-state index contributed by atoms with van der Waals surface area (Å²) in [6.07, 6.45) is 2.99. The molecule has 1 saturated carbocycles. The number of anilines is 2. The van der Waals surface area contributed by atoms with Crippen molar-refractivity contribution in [1.82, 2.24) is 9.97 Å². The van der Waals surface area contributed by atoms with E-state index in [9.17, 15) is 4.79 Å². The third-order valence-corrected chi connectivity index (χ3v) is 4.60. The largest absolute Gasteiger partial charge is 0.364 e. The topological polar surface area (TPSA) is 107 Å². The van der Waals surface area contributed by atoms with Crippen LogP contribution in [0, 0.1) is 0 Å². The normalized spacial score (nSPS) is 15.0. The molecule has 1 amide bonds. The van der Waals surface area contributed by atoms with E-state index in [4.69, 9.17) is 16.5 Å². The van der Waals surface area contributed by atoms with Crippen molar-refractivity contribution in [3.05, 3.63) is 46.9 Å². The highest BCUT2D eigenvalue weighted by atomic mass is 16.1. The number of aromatic nitrogens is 2. The summed E-state index contributed by atoms with van der Waals surface area (Å²) >= 11 is 0. The van der Waals surface area contributed by atoms with Crippen LogP contribution in [-0.2, 0) is 6.42 Å². The van der Waals surface area contributed by atoms with Gasteiger partial charge < -0.3 is 16.8 Å². The lowest BCUT2D eigenvalue weighted by atomic mass is 10.0. The molecule has 0 spiro atoms. The highest BCUT2D eigenvalue weighted by Crippen LogP contribution is 2.41. The molecule has 3 rings (SSSR count). The Morgan fingerprint density at radius 3 is 2.72 bits per heavy atom. The number of nitrogens with one attached hydrogen (secondary N) is 1. The highest BCUT2D eigenvalue weighted by Gasteiger charge is 2.30. The Balaban J connectivity index is 1.98. The first-order valence-corrected chi connectivity index (χ1v) is 8.81. The van der Waals surface area contributed by atoms with Crippen LogP contribution in [0.2, 0.25) is 0 Å². The second kappa shape index (κ2) is 7.19. The number of aryl methyl sites for hydroxylation is 1. The molecule has 25 heavy (non-hydrogen) atoms. The Kier molecular flexibility index (Phi) is 4.99. The molecule has 0 unspecified atom stereocenters. The molecule has 6 nitrogen and oxygen atoms in total. The quantitative estimate of drug-likeness (QED) is 0.719. The Morgan fingerprint density at radius 1 is 1.36 bits per heavy atom. The van der Waals surface area contributed by atoms with Crippen molar-refractivity contribution < 1.29 is 4.79 Å². The van der Waals surface area contributed by atoms with E-state index in [1.807, 2.05) is 31.2 Å². The molecule has 1 aromatic carbocycles.